The Labute approximate surface area is 103 Å². The van der Waals surface area contributed by atoms with E-state index < -0.39 is 11.8 Å². The van der Waals surface area contributed by atoms with Gasteiger partial charge in [-0.25, -0.2) is 0 Å². The van der Waals surface area contributed by atoms with Gasteiger partial charge in [-0.05, 0) is 24.1 Å². The summed E-state index contributed by atoms with van der Waals surface area (Å²) in [4.78, 5) is 21.3. The number of carbonyl (C=O) groups excluding carboxylic acids is 2. The Kier molecular flexibility index (Phi) is 4.58. The van der Waals surface area contributed by atoms with Gasteiger partial charge in [-0.15, -0.1) is 0 Å². The van der Waals surface area contributed by atoms with Crippen LogP contribution in [0.4, 0.5) is 0 Å². The number of nitrogens with two attached hydrogens (primary N) is 1. The molecule has 0 bridgehead atoms. The van der Waals surface area contributed by atoms with Crippen LogP contribution in [0.3, 0.4) is 0 Å². The molecule has 1 aromatic rings. The van der Waals surface area contributed by atoms with E-state index in [4.69, 9.17) is 28.9 Å². The van der Waals surface area contributed by atoms with Crippen LogP contribution in [-0.2, 0) is 16.0 Å². The first-order valence-electron chi connectivity index (χ1n) is 4.52. The van der Waals surface area contributed by atoms with Crippen molar-refractivity contribution in [1.29, 1.82) is 0 Å². The van der Waals surface area contributed by atoms with E-state index in [9.17, 15) is 9.59 Å². The molecule has 0 saturated carbocycles. The fourth-order valence-corrected chi connectivity index (χ4v) is 1.63. The molecule has 86 valence electrons. The van der Waals surface area contributed by atoms with Gasteiger partial charge in [0, 0.05) is 16.6 Å². The van der Waals surface area contributed by atoms with E-state index >= 15 is 0 Å². The zero-order chi connectivity index (χ0) is 12.1. The highest BCUT2D eigenvalue weighted by atomic mass is 35.5. The molecule has 3 N–H and O–H groups in total. The number of hydrogen-bond acceptors (Lipinski definition) is 2. The van der Waals surface area contributed by atoms with Crippen molar-refractivity contribution in [1.82, 2.24) is 5.32 Å². The van der Waals surface area contributed by atoms with Crippen molar-refractivity contribution in [2.45, 2.75) is 6.42 Å². The van der Waals surface area contributed by atoms with Crippen molar-refractivity contribution in [3.05, 3.63) is 33.8 Å². The second kappa shape index (κ2) is 5.72. The first-order chi connectivity index (χ1) is 7.50. The van der Waals surface area contributed by atoms with Gasteiger partial charge in [-0.1, -0.05) is 29.3 Å². The standard InChI is InChI=1S/C10H10Cl2N2O2/c11-7-2-1-6(8(12)5-7)3-4-14-10(16)9(13)15/h1-2,5H,3-4H2,(H2,13,15)(H,14,16). The molecule has 0 aliphatic heterocycles. The largest absolute Gasteiger partial charge is 0.361 e. The zero-order valence-electron chi connectivity index (χ0n) is 8.30. The second-order valence-electron chi connectivity index (χ2n) is 3.11. The monoisotopic (exact) mass is 260 g/mol. The molecule has 16 heavy (non-hydrogen) atoms. The van der Waals surface area contributed by atoms with Crippen molar-refractivity contribution >= 4 is 35.0 Å². The first kappa shape index (κ1) is 12.8. The van der Waals surface area contributed by atoms with Gasteiger partial charge in [0.2, 0.25) is 0 Å². The third kappa shape index (κ3) is 3.72. The Balaban J connectivity index is 2.49. The van der Waals surface area contributed by atoms with Crippen LogP contribution in [-0.4, -0.2) is 18.4 Å². The number of amides is 2. The van der Waals surface area contributed by atoms with Crippen LogP contribution in [0.15, 0.2) is 18.2 Å². The number of benzene rings is 1. The predicted octanol–water partition coefficient (Wildman–Crippen LogP) is 1.14. The lowest BCUT2D eigenvalue weighted by molar-refractivity contribution is -0.137. The highest BCUT2D eigenvalue weighted by Gasteiger charge is 2.07. The summed E-state index contributed by atoms with van der Waals surface area (Å²) in [6.07, 6.45) is 0.509. The summed E-state index contributed by atoms with van der Waals surface area (Å²) >= 11 is 11.6. The van der Waals surface area contributed by atoms with Crippen molar-refractivity contribution in [3.63, 3.8) is 0 Å². The molecule has 0 radical (unpaired) electrons. The van der Waals surface area contributed by atoms with Crippen LogP contribution in [0.2, 0.25) is 10.0 Å². The molecule has 1 aromatic carbocycles. The summed E-state index contributed by atoms with van der Waals surface area (Å²) in [6, 6.07) is 5.09. The lowest BCUT2D eigenvalue weighted by Crippen LogP contribution is -2.37. The summed E-state index contributed by atoms with van der Waals surface area (Å²) in [5.41, 5.74) is 5.61. The quantitative estimate of drug-likeness (QED) is 0.801. The molecule has 1 rings (SSSR count). The van der Waals surface area contributed by atoms with E-state index in [1.54, 1.807) is 18.2 Å². The number of rotatable bonds is 3. The summed E-state index contributed by atoms with van der Waals surface area (Å²) in [5, 5.41) is 3.45. The SMILES string of the molecule is NC(=O)C(=O)NCCc1ccc(Cl)cc1Cl. The summed E-state index contributed by atoms with van der Waals surface area (Å²) < 4.78 is 0. The van der Waals surface area contributed by atoms with E-state index in [1.165, 1.54) is 0 Å². The number of nitrogens with one attached hydrogen (secondary N) is 1. The van der Waals surface area contributed by atoms with E-state index in [1.807, 2.05) is 0 Å². The predicted molar refractivity (Wildman–Crippen MR) is 62.4 cm³/mol. The van der Waals surface area contributed by atoms with Gasteiger partial charge in [-0.2, -0.15) is 0 Å². The smallest absolute Gasteiger partial charge is 0.309 e. The van der Waals surface area contributed by atoms with Gasteiger partial charge in [0.15, 0.2) is 0 Å². The summed E-state index contributed by atoms with van der Waals surface area (Å²) in [7, 11) is 0. The number of primary amides is 1. The minimum atomic E-state index is -0.998. The fraction of sp³-hybridized carbons (Fsp3) is 0.200. The number of hydrogen-bond donors (Lipinski definition) is 2. The van der Waals surface area contributed by atoms with Gasteiger partial charge < -0.3 is 11.1 Å². The minimum absolute atomic E-state index is 0.295. The molecular formula is C10H10Cl2N2O2. The fourth-order valence-electron chi connectivity index (χ4n) is 1.12. The highest BCUT2D eigenvalue weighted by Crippen LogP contribution is 2.20. The average molecular weight is 261 g/mol. The Morgan fingerprint density at radius 1 is 1.31 bits per heavy atom. The Bertz CT molecular complexity index is 421. The molecule has 0 fully saturated rings. The van der Waals surface area contributed by atoms with Crippen molar-refractivity contribution < 1.29 is 9.59 Å². The molecule has 0 unspecified atom stereocenters. The number of halogens is 2. The van der Waals surface area contributed by atoms with Gasteiger partial charge in [0.25, 0.3) is 0 Å². The average Bonchev–Trinajstić information content (AvgIpc) is 2.20. The molecule has 0 spiro atoms. The van der Waals surface area contributed by atoms with Crippen LogP contribution in [0.25, 0.3) is 0 Å². The molecule has 0 heterocycles. The van der Waals surface area contributed by atoms with Crippen LogP contribution in [0.1, 0.15) is 5.56 Å². The third-order valence-corrected chi connectivity index (χ3v) is 2.51. The molecule has 2 amide bonds. The molecule has 0 atom stereocenters. The van der Waals surface area contributed by atoms with Crippen LogP contribution in [0.5, 0.6) is 0 Å². The van der Waals surface area contributed by atoms with E-state index in [2.05, 4.69) is 5.32 Å². The topological polar surface area (TPSA) is 72.2 Å². The maximum absolute atomic E-state index is 10.8. The molecule has 4 nitrogen and oxygen atoms in total. The Morgan fingerprint density at radius 3 is 2.56 bits per heavy atom. The summed E-state index contributed by atoms with van der Waals surface area (Å²) in [6.45, 7) is 0.295. The van der Waals surface area contributed by atoms with Crippen molar-refractivity contribution in [2.75, 3.05) is 6.54 Å². The number of carbonyl (C=O) groups is 2. The maximum Gasteiger partial charge on any atom is 0.309 e. The normalized spacial score (nSPS) is 9.88. The van der Waals surface area contributed by atoms with E-state index in [0.29, 0.717) is 23.0 Å². The van der Waals surface area contributed by atoms with Crippen LogP contribution in [0, 0.1) is 0 Å². The van der Waals surface area contributed by atoms with E-state index in [0.717, 1.165) is 5.56 Å². The molecule has 0 saturated heterocycles. The lowest BCUT2D eigenvalue weighted by Gasteiger charge is -2.05. The van der Waals surface area contributed by atoms with Crippen LogP contribution < -0.4 is 11.1 Å². The highest BCUT2D eigenvalue weighted by molar-refractivity contribution is 6.35. The second-order valence-corrected chi connectivity index (χ2v) is 3.95. The van der Waals surface area contributed by atoms with Gasteiger partial charge >= 0.3 is 11.8 Å². The Morgan fingerprint density at radius 2 is 2.00 bits per heavy atom. The van der Waals surface area contributed by atoms with Crippen molar-refractivity contribution in [2.24, 2.45) is 5.73 Å². The first-order valence-corrected chi connectivity index (χ1v) is 5.28. The lowest BCUT2D eigenvalue weighted by atomic mass is 10.1. The van der Waals surface area contributed by atoms with Gasteiger partial charge in [0.1, 0.15) is 0 Å². The molecular weight excluding hydrogens is 251 g/mol. The van der Waals surface area contributed by atoms with E-state index in [-0.39, 0.29) is 0 Å². The summed E-state index contributed by atoms with van der Waals surface area (Å²) in [5.74, 6) is -1.80. The van der Waals surface area contributed by atoms with Gasteiger partial charge in [0.05, 0.1) is 0 Å². The van der Waals surface area contributed by atoms with Gasteiger partial charge in [-0.3, -0.25) is 9.59 Å². The molecule has 0 aliphatic carbocycles. The molecule has 6 heteroatoms. The molecule has 0 aliphatic rings. The Hall–Kier alpha value is -1.26. The minimum Gasteiger partial charge on any atom is -0.361 e. The van der Waals surface area contributed by atoms with Crippen LogP contribution >= 0.6 is 23.2 Å². The molecule has 0 aromatic heterocycles. The van der Waals surface area contributed by atoms with Crippen molar-refractivity contribution in [3.8, 4) is 0 Å². The third-order valence-electron chi connectivity index (χ3n) is 1.92. The maximum atomic E-state index is 10.8. The zero-order valence-corrected chi connectivity index (χ0v) is 9.81.